The van der Waals surface area contributed by atoms with Gasteiger partial charge in [0.25, 0.3) is 0 Å². The SMILES string of the molecule is COCCC(C)NS(=O)(=O)c1cc(N)c(Br)cc1OC. The van der Waals surface area contributed by atoms with Crippen molar-refractivity contribution < 1.29 is 17.9 Å². The van der Waals surface area contributed by atoms with Gasteiger partial charge in [-0.1, -0.05) is 0 Å². The van der Waals surface area contributed by atoms with E-state index in [1.165, 1.54) is 19.2 Å². The average molecular weight is 367 g/mol. The highest BCUT2D eigenvalue weighted by Gasteiger charge is 2.23. The summed E-state index contributed by atoms with van der Waals surface area (Å²) in [7, 11) is -0.726. The van der Waals surface area contributed by atoms with Crippen LogP contribution in [0.15, 0.2) is 21.5 Å². The Morgan fingerprint density at radius 1 is 1.40 bits per heavy atom. The molecular weight excluding hydrogens is 348 g/mol. The van der Waals surface area contributed by atoms with E-state index in [0.29, 0.717) is 23.2 Å². The van der Waals surface area contributed by atoms with Crippen LogP contribution >= 0.6 is 15.9 Å². The maximum Gasteiger partial charge on any atom is 0.244 e. The van der Waals surface area contributed by atoms with Crippen LogP contribution in [-0.2, 0) is 14.8 Å². The molecule has 8 heteroatoms. The fraction of sp³-hybridized carbons (Fsp3) is 0.500. The maximum atomic E-state index is 12.3. The molecule has 1 atom stereocenters. The number of rotatable bonds is 7. The Bertz CT molecular complexity index is 563. The molecule has 1 unspecified atom stereocenters. The molecule has 114 valence electrons. The second-order valence-corrected chi connectivity index (χ2v) is 6.87. The lowest BCUT2D eigenvalue weighted by Crippen LogP contribution is -2.33. The van der Waals surface area contributed by atoms with Crippen LogP contribution in [0, 0.1) is 0 Å². The summed E-state index contributed by atoms with van der Waals surface area (Å²) in [5, 5.41) is 0. The van der Waals surface area contributed by atoms with Crippen molar-refractivity contribution >= 4 is 31.6 Å². The molecule has 0 aliphatic carbocycles. The summed E-state index contributed by atoms with van der Waals surface area (Å²) in [6.45, 7) is 2.24. The summed E-state index contributed by atoms with van der Waals surface area (Å²) < 4.78 is 37.9. The van der Waals surface area contributed by atoms with Crippen LogP contribution in [-0.4, -0.2) is 35.3 Å². The number of hydrogen-bond donors (Lipinski definition) is 2. The van der Waals surface area contributed by atoms with Crippen molar-refractivity contribution in [2.24, 2.45) is 0 Å². The highest BCUT2D eigenvalue weighted by Crippen LogP contribution is 2.32. The molecule has 0 saturated heterocycles. The van der Waals surface area contributed by atoms with Gasteiger partial charge in [0.1, 0.15) is 10.6 Å². The summed E-state index contributed by atoms with van der Waals surface area (Å²) in [6, 6.07) is 2.65. The third-order valence-electron chi connectivity index (χ3n) is 2.68. The van der Waals surface area contributed by atoms with E-state index in [9.17, 15) is 8.42 Å². The zero-order valence-corrected chi connectivity index (χ0v) is 14.0. The monoisotopic (exact) mass is 366 g/mol. The van der Waals surface area contributed by atoms with Crippen LogP contribution in [0.4, 0.5) is 5.69 Å². The van der Waals surface area contributed by atoms with E-state index in [1.54, 1.807) is 14.0 Å². The predicted octanol–water partition coefficient (Wildman–Crippen LogP) is 1.74. The van der Waals surface area contributed by atoms with Crippen molar-refractivity contribution in [1.82, 2.24) is 4.72 Å². The molecule has 0 radical (unpaired) electrons. The minimum atomic E-state index is -3.70. The van der Waals surface area contributed by atoms with E-state index in [2.05, 4.69) is 20.7 Å². The van der Waals surface area contributed by atoms with E-state index >= 15 is 0 Å². The zero-order chi connectivity index (χ0) is 15.3. The van der Waals surface area contributed by atoms with Crippen molar-refractivity contribution in [3.8, 4) is 5.75 Å². The molecule has 0 aromatic heterocycles. The van der Waals surface area contributed by atoms with Crippen molar-refractivity contribution in [2.45, 2.75) is 24.3 Å². The van der Waals surface area contributed by atoms with E-state index in [-0.39, 0.29) is 16.7 Å². The summed E-state index contributed by atoms with van der Waals surface area (Å²) in [5.41, 5.74) is 6.07. The standard InChI is InChI=1S/C12H19BrN2O4S/c1-8(4-5-18-2)15-20(16,17)12-7-10(14)9(13)6-11(12)19-3/h6-8,15H,4-5,14H2,1-3H3. The molecule has 3 N–H and O–H groups in total. The lowest BCUT2D eigenvalue weighted by Gasteiger charge is -2.16. The second-order valence-electron chi connectivity index (χ2n) is 4.33. The number of hydrogen-bond acceptors (Lipinski definition) is 5. The molecule has 6 nitrogen and oxygen atoms in total. The molecule has 0 aliphatic heterocycles. The number of nitrogens with two attached hydrogens (primary N) is 1. The first-order valence-corrected chi connectivity index (χ1v) is 8.23. The fourth-order valence-electron chi connectivity index (χ4n) is 1.60. The Kier molecular flexibility index (Phi) is 6.25. The minimum Gasteiger partial charge on any atom is -0.495 e. The molecule has 1 rings (SSSR count). The van der Waals surface area contributed by atoms with Crippen LogP contribution in [0.3, 0.4) is 0 Å². The molecular formula is C12H19BrN2O4S. The van der Waals surface area contributed by atoms with Crippen LogP contribution in [0.2, 0.25) is 0 Å². The van der Waals surface area contributed by atoms with E-state index in [1.807, 2.05) is 0 Å². The van der Waals surface area contributed by atoms with Gasteiger partial charge in [0.05, 0.1) is 7.11 Å². The first-order valence-electron chi connectivity index (χ1n) is 5.96. The third kappa shape index (κ3) is 4.34. The number of nitrogen functional groups attached to an aromatic ring is 1. The molecule has 0 fully saturated rings. The Hall–Kier alpha value is -0.830. The van der Waals surface area contributed by atoms with Gasteiger partial charge in [0, 0.05) is 29.9 Å². The van der Waals surface area contributed by atoms with Gasteiger partial charge < -0.3 is 15.2 Å². The van der Waals surface area contributed by atoms with Gasteiger partial charge in [0.15, 0.2) is 0 Å². The highest BCUT2D eigenvalue weighted by molar-refractivity contribution is 9.10. The normalized spacial score (nSPS) is 13.2. The number of nitrogens with one attached hydrogen (secondary N) is 1. The predicted molar refractivity (Wildman–Crippen MR) is 81.4 cm³/mol. The Morgan fingerprint density at radius 3 is 2.60 bits per heavy atom. The average Bonchev–Trinajstić information content (AvgIpc) is 2.38. The third-order valence-corrected chi connectivity index (χ3v) is 4.98. The number of sulfonamides is 1. The lowest BCUT2D eigenvalue weighted by atomic mass is 10.3. The van der Waals surface area contributed by atoms with Crippen molar-refractivity contribution in [3.05, 3.63) is 16.6 Å². The minimum absolute atomic E-state index is 0.0185. The van der Waals surface area contributed by atoms with E-state index in [4.69, 9.17) is 15.2 Å². The molecule has 0 amide bonds. The maximum absolute atomic E-state index is 12.3. The Balaban J connectivity index is 3.06. The summed E-state index contributed by atoms with van der Waals surface area (Å²) in [6.07, 6.45) is 0.573. The van der Waals surface area contributed by atoms with Crippen molar-refractivity contribution in [1.29, 1.82) is 0 Å². The summed E-state index contributed by atoms with van der Waals surface area (Å²) in [5.74, 6) is 0.234. The smallest absolute Gasteiger partial charge is 0.244 e. The largest absolute Gasteiger partial charge is 0.495 e. The quantitative estimate of drug-likeness (QED) is 0.717. The number of halogens is 1. The zero-order valence-electron chi connectivity index (χ0n) is 11.6. The number of ether oxygens (including phenoxy) is 2. The van der Waals surface area contributed by atoms with Gasteiger partial charge in [0.2, 0.25) is 10.0 Å². The molecule has 0 aliphatic rings. The molecule has 0 saturated carbocycles. The fourth-order valence-corrected chi connectivity index (χ4v) is 3.39. The lowest BCUT2D eigenvalue weighted by molar-refractivity contribution is 0.188. The van der Waals surface area contributed by atoms with E-state index < -0.39 is 10.0 Å². The van der Waals surface area contributed by atoms with Gasteiger partial charge in [-0.15, -0.1) is 0 Å². The Labute approximate surface area is 127 Å². The molecule has 0 heterocycles. The number of methoxy groups -OCH3 is 2. The van der Waals surface area contributed by atoms with Crippen molar-refractivity contribution in [2.75, 3.05) is 26.6 Å². The van der Waals surface area contributed by atoms with Gasteiger partial charge in [-0.3, -0.25) is 0 Å². The highest BCUT2D eigenvalue weighted by atomic mass is 79.9. The number of anilines is 1. The molecule has 0 bridgehead atoms. The van der Waals surface area contributed by atoms with Crippen molar-refractivity contribution in [3.63, 3.8) is 0 Å². The van der Waals surface area contributed by atoms with Gasteiger partial charge >= 0.3 is 0 Å². The second kappa shape index (κ2) is 7.26. The van der Waals surface area contributed by atoms with Crippen LogP contribution in [0.5, 0.6) is 5.75 Å². The van der Waals surface area contributed by atoms with Gasteiger partial charge in [-0.2, -0.15) is 0 Å². The molecule has 0 spiro atoms. The number of benzene rings is 1. The van der Waals surface area contributed by atoms with Gasteiger partial charge in [-0.25, -0.2) is 13.1 Å². The Morgan fingerprint density at radius 2 is 2.05 bits per heavy atom. The molecule has 1 aromatic carbocycles. The summed E-state index contributed by atoms with van der Waals surface area (Å²) in [4.78, 5) is 0.0185. The van der Waals surface area contributed by atoms with Crippen LogP contribution in [0.1, 0.15) is 13.3 Å². The van der Waals surface area contributed by atoms with E-state index in [0.717, 1.165) is 0 Å². The van der Waals surface area contributed by atoms with Crippen LogP contribution < -0.4 is 15.2 Å². The first kappa shape index (κ1) is 17.2. The molecule has 1 aromatic rings. The first-order chi connectivity index (χ1) is 9.31. The summed E-state index contributed by atoms with van der Waals surface area (Å²) >= 11 is 3.24. The van der Waals surface area contributed by atoms with Crippen LogP contribution in [0.25, 0.3) is 0 Å². The topological polar surface area (TPSA) is 90.7 Å². The van der Waals surface area contributed by atoms with Gasteiger partial charge in [-0.05, 0) is 41.4 Å². The molecule has 20 heavy (non-hydrogen) atoms.